The third-order valence-corrected chi connectivity index (χ3v) is 17.2. The van der Waals surface area contributed by atoms with Gasteiger partial charge in [0, 0.05) is 22.3 Å². The zero-order valence-electron chi connectivity index (χ0n) is 37.7. The molecular weight excluding hydrogens is 743 g/mol. The summed E-state index contributed by atoms with van der Waals surface area (Å²) in [6.45, 7) is 18.6. The molecule has 8 aliphatic carbocycles. The smallest absolute Gasteiger partial charge is 0.160 e. The molecule has 2 N–H and O–H groups in total. The predicted octanol–water partition coefficient (Wildman–Crippen LogP) is 14.2. The molecule has 1 heterocycles. The summed E-state index contributed by atoms with van der Waals surface area (Å²) in [5.74, 6) is 5.68. The first-order valence-electron chi connectivity index (χ1n) is 23.9. The van der Waals surface area contributed by atoms with Crippen LogP contribution in [-0.4, -0.2) is 21.5 Å². The molecule has 9 aliphatic rings. The van der Waals surface area contributed by atoms with Crippen LogP contribution in [0.1, 0.15) is 152 Å². The Balaban J connectivity index is 0.998. The maximum atomic E-state index is 12.7. The molecule has 3 nitrogen and oxygen atoms in total. The summed E-state index contributed by atoms with van der Waals surface area (Å²) < 4.78 is 2.09. The van der Waals surface area contributed by atoms with Gasteiger partial charge >= 0.3 is 0 Å². The number of nitrogens with zero attached hydrogens (tertiary/aromatic N) is 1. The van der Waals surface area contributed by atoms with Gasteiger partial charge in [-0.15, -0.1) is 12.1 Å². The Morgan fingerprint density at radius 3 is 1.38 bits per heavy atom. The number of phenolic OH excluding ortho intramolecular Hbond substituents is 2. The van der Waals surface area contributed by atoms with Gasteiger partial charge in [-0.3, -0.25) is 0 Å². The Kier molecular flexibility index (Phi) is 8.87. The van der Waals surface area contributed by atoms with Crippen molar-refractivity contribution in [3.05, 3.63) is 130 Å². The van der Waals surface area contributed by atoms with E-state index in [1.54, 1.807) is 0 Å². The molecule has 0 spiro atoms. The van der Waals surface area contributed by atoms with E-state index in [0.29, 0.717) is 11.5 Å². The molecule has 0 unspecified atom stereocenters. The van der Waals surface area contributed by atoms with Gasteiger partial charge in [0.05, 0.1) is 6.72 Å². The van der Waals surface area contributed by atoms with Crippen molar-refractivity contribution in [3.63, 3.8) is 0 Å². The van der Waals surface area contributed by atoms with E-state index in [4.69, 9.17) is 6.72 Å². The fourth-order valence-corrected chi connectivity index (χ4v) is 15.1. The van der Waals surface area contributed by atoms with Gasteiger partial charge in [0.2, 0.25) is 0 Å². The van der Waals surface area contributed by atoms with E-state index in [0.717, 1.165) is 80.6 Å². The van der Waals surface area contributed by atoms with Gasteiger partial charge in [0.1, 0.15) is 17.5 Å². The van der Waals surface area contributed by atoms with Gasteiger partial charge in [0.25, 0.3) is 0 Å². The van der Waals surface area contributed by atoms with Crippen molar-refractivity contribution < 1.29 is 14.8 Å². The molecule has 4 aromatic rings. The van der Waals surface area contributed by atoms with E-state index in [1.807, 2.05) is 0 Å². The molecule has 8 fully saturated rings. The second-order valence-corrected chi connectivity index (χ2v) is 23.6. The normalized spacial score (nSPS) is 31.3. The van der Waals surface area contributed by atoms with Crippen LogP contribution in [0.15, 0.2) is 91.0 Å². The van der Waals surface area contributed by atoms with Crippen molar-refractivity contribution in [1.29, 1.82) is 0 Å². The molecule has 8 saturated carbocycles. The van der Waals surface area contributed by atoms with E-state index in [9.17, 15) is 10.2 Å². The maximum absolute atomic E-state index is 12.7. The van der Waals surface area contributed by atoms with E-state index >= 15 is 0 Å². The highest BCUT2D eigenvalue weighted by atomic mass is 16.3. The lowest BCUT2D eigenvalue weighted by Gasteiger charge is -2.57. The minimum absolute atomic E-state index is 0.0606. The average molecular weight is 810 g/mol. The molecule has 13 rings (SSSR count). The lowest BCUT2D eigenvalue weighted by atomic mass is 9.47. The van der Waals surface area contributed by atoms with Gasteiger partial charge in [-0.05, 0) is 180 Å². The molecular formula is C58H67NO2. The number of allylic oxidation sites excluding steroid dienone is 2. The van der Waals surface area contributed by atoms with Crippen molar-refractivity contribution in [2.75, 3.05) is 0 Å². The SMILES string of the molecule is C=[N+]1C(c2ccccc2-c2cc(C(C)(C)C)cc(C34CC5CC(CC(C5)C3)C4)c2O)=CC=C[C-]1c1ccccc1-c1cc(C(C)(C)C)cc(C23CC4CC(CC(C4)C2)C3)c1O. The molecule has 4 aromatic carbocycles. The molecule has 61 heavy (non-hydrogen) atoms. The number of hydrogen-bond acceptors (Lipinski definition) is 2. The van der Waals surface area contributed by atoms with Crippen molar-refractivity contribution in [1.82, 2.24) is 0 Å². The number of rotatable bonds is 6. The number of hydrogen-bond donors (Lipinski definition) is 2. The Labute approximate surface area is 365 Å². The van der Waals surface area contributed by atoms with Gasteiger partial charge in [-0.1, -0.05) is 108 Å². The van der Waals surface area contributed by atoms with Gasteiger partial charge in [0.15, 0.2) is 5.70 Å². The van der Waals surface area contributed by atoms with E-state index < -0.39 is 0 Å². The molecule has 3 heteroatoms. The van der Waals surface area contributed by atoms with Crippen molar-refractivity contribution >= 4 is 12.4 Å². The molecule has 316 valence electrons. The monoisotopic (exact) mass is 810 g/mol. The van der Waals surface area contributed by atoms with Crippen LogP contribution >= 0.6 is 0 Å². The highest BCUT2D eigenvalue weighted by molar-refractivity contribution is 5.85. The third kappa shape index (κ3) is 6.40. The van der Waals surface area contributed by atoms with E-state index in [1.165, 1.54) is 99.3 Å². The van der Waals surface area contributed by atoms with Crippen LogP contribution in [0.3, 0.4) is 0 Å². The van der Waals surface area contributed by atoms with Crippen LogP contribution in [0, 0.1) is 41.5 Å². The Bertz CT molecular complexity index is 2440. The number of phenols is 2. The van der Waals surface area contributed by atoms with E-state index in [2.05, 4.69) is 137 Å². The quantitative estimate of drug-likeness (QED) is 0.150. The van der Waals surface area contributed by atoms with Crippen molar-refractivity contribution in [2.45, 2.75) is 140 Å². The summed E-state index contributed by atoms with van der Waals surface area (Å²) in [4.78, 5) is 0. The topological polar surface area (TPSA) is 43.5 Å². The van der Waals surface area contributed by atoms with Crippen molar-refractivity contribution in [2.24, 2.45) is 35.5 Å². The first-order chi connectivity index (χ1) is 29.1. The fourth-order valence-electron chi connectivity index (χ4n) is 15.1. The van der Waals surface area contributed by atoms with E-state index in [-0.39, 0.29) is 21.7 Å². The summed E-state index contributed by atoms with van der Waals surface area (Å²) in [7, 11) is 0. The summed E-state index contributed by atoms with van der Waals surface area (Å²) in [6.07, 6.45) is 22.0. The van der Waals surface area contributed by atoms with Gasteiger partial charge in [-0.2, -0.15) is 0 Å². The molecule has 0 aromatic heterocycles. The largest absolute Gasteiger partial charge is 0.508 e. The van der Waals surface area contributed by atoms with Crippen LogP contribution in [0.4, 0.5) is 0 Å². The van der Waals surface area contributed by atoms with Crippen molar-refractivity contribution in [3.8, 4) is 33.8 Å². The number of benzene rings is 4. The van der Waals surface area contributed by atoms with Crippen LogP contribution in [-0.2, 0) is 21.7 Å². The van der Waals surface area contributed by atoms with Crippen LogP contribution in [0.25, 0.3) is 28.0 Å². The van der Waals surface area contributed by atoms with Crippen LogP contribution < -0.4 is 0 Å². The second kappa shape index (κ2) is 13.7. The molecule has 0 radical (unpaired) electrons. The summed E-state index contributed by atoms with van der Waals surface area (Å²) in [6, 6.07) is 27.6. The zero-order chi connectivity index (χ0) is 42.2. The zero-order valence-corrected chi connectivity index (χ0v) is 37.7. The highest BCUT2D eigenvalue weighted by Gasteiger charge is 2.54. The Morgan fingerprint density at radius 1 is 0.541 bits per heavy atom. The summed E-state index contributed by atoms with van der Waals surface area (Å²) >= 11 is 0. The third-order valence-electron chi connectivity index (χ3n) is 17.2. The van der Waals surface area contributed by atoms with Gasteiger partial charge in [-0.25, -0.2) is 4.58 Å². The maximum Gasteiger partial charge on any atom is 0.160 e. The number of aromatic hydroxyl groups is 2. The molecule has 1 aliphatic heterocycles. The minimum atomic E-state index is -0.0737. The first-order valence-corrected chi connectivity index (χ1v) is 23.9. The molecule has 0 saturated heterocycles. The summed E-state index contributed by atoms with van der Waals surface area (Å²) in [5.41, 5.74) is 12.0. The van der Waals surface area contributed by atoms with Crippen LogP contribution in [0.5, 0.6) is 11.5 Å². The van der Waals surface area contributed by atoms with Crippen LogP contribution in [0.2, 0.25) is 0 Å². The molecule has 0 amide bonds. The first kappa shape index (κ1) is 39.4. The average Bonchev–Trinajstić information content (AvgIpc) is 3.19. The standard InChI is InChI=1S/C58H67NO2/c1-55(2,3)41-25-47(53(60)49(27-41)57-29-35-19-36(30-57)21-37(20-35)31-57)43-13-8-10-15-45(43)51-17-12-18-52(59(51)7)46-16-11-9-14-44(46)48-26-42(56(4,5)6)28-50(54(48)61)58-32-38-22-39(33-58)24-40(23-38)34-58/h8-18,25-28,35-40,60-61H,7,19-24,29-34H2,1-6H3. The second-order valence-electron chi connectivity index (χ2n) is 23.6. The fraction of sp³-hybridized carbons (Fsp3) is 0.483. The molecule has 0 atom stereocenters. The van der Waals surface area contributed by atoms with Gasteiger partial charge < -0.3 is 10.2 Å². The predicted molar refractivity (Wildman–Crippen MR) is 251 cm³/mol. The highest BCUT2D eigenvalue weighted by Crippen LogP contribution is 2.64. The summed E-state index contributed by atoms with van der Waals surface area (Å²) in [5, 5.41) is 25.4. The Morgan fingerprint density at radius 2 is 0.934 bits per heavy atom. The molecule has 8 bridgehead atoms. The Hall–Kier alpha value is -4.50. The lowest BCUT2D eigenvalue weighted by Crippen LogP contribution is -2.48. The lowest BCUT2D eigenvalue weighted by molar-refractivity contribution is -0.391. The minimum Gasteiger partial charge on any atom is -0.508 e.